The summed E-state index contributed by atoms with van der Waals surface area (Å²) in [6.07, 6.45) is -0.235. The van der Waals surface area contributed by atoms with Gasteiger partial charge in [-0.25, -0.2) is 4.79 Å². The van der Waals surface area contributed by atoms with Crippen molar-refractivity contribution in [2.24, 2.45) is 0 Å². The van der Waals surface area contributed by atoms with Crippen LogP contribution in [0.4, 0.5) is 4.79 Å². The third-order valence-corrected chi connectivity index (χ3v) is 6.82. The van der Waals surface area contributed by atoms with Crippen LogP contribution in [0.1, 0.15) is 38.8 Å². The standard InChI is InChI=1S/C32H40N4O5/c1-22(37)36(7)33-29(38)27(20-23-13-9-8-10-14-23)34(5)30(39)28(35(6)31(40)41-32(2,3)4)21-24-17-18-25-15-11-12-16-26(25)19-24/h8-19,27-28H,20-21H2,1-7H3,(H,33,38). The van der Waals surface area contributed by atoms with Crippen molar-refractivity contribution in [3.8, 4) is 0 Å². The highest BCUT2D eigenvalue weighted by atomic mass is 16.6. The van der Waals surface area contributed by atoms with Gasteiger partial charge >= 0.3 is 6.09 Å². The average Bonchev–Trinajstić information content (AvgIpc) is 2.92. The second-order valence-electron chi connectivity index (χ2n) is 11.2. The lowest BCUT2D eigenvalue weighted by Gasteiger charge is -2.35. The molecule has 0 spiro atoms. The monoisotopic (exact) mass is 560 g/mol. The highest BCUT2D eigenvalue weighted by molar-refractivity contribution is 5.92. The number of hydrazine groups is 1. The molecule has 0 aliphatic rings. The summed E-state index contributed by atoms with van der Waals surface area (Å²) in [5, 5.41) is 3.15. The van der Waals surface area contributed by atoms with E-state index >= 15 is 0 Å². The van der Waals surface area contributed by atoms with Crippen LogP contribution in [0.5, 0.6) is 0 Å². The number of nitrogens with zero attached hydrogens (tertiary/aromatic N) is 3. The number of amides is 4. The van der Waals surface area contributed by atoms with Crippen LogP contribution >= 0.6 is 0 Å². The number of rotatable bonds is 8. The smallest absolute Gasteiger partial charge is 0.410 e. The molecular weight excluding hydrogens is 520 g/mol. The zero-order chi connectivity index (χ0) is 30.3. The highest BCUT2D eigenvalue weighted by Gasteiger charge is 2.37. The molecule has 9 nitrogen and oxygen atoms in total. The van der Waals surface area contributed by atoms with Gasteiger partial charge in [-0.3, -0.25) is 29.7 Å². The van der Waals surface area contributed by atoms with Gasteiger partial charge in [0.05, 0.1) is 0 Å². The Morgan fingerprint density at radius 1 is 0.756 bits per heavy atom. The maximum Gasteiger partial charge on any atom is 0.410 e. The van der Waals surface area contributed by atoms with E-state index in [0.717, 1.165) is 26.9 Å². The molecule has 3 aromatic carbocycles. The predicted octanol–water partition coefficient (Wildman–Crippen LogP) is 4.20. The van der Waals surface area contributed by atoms with Crippen LogP contribution in [0.2, 0.25) is 0 Å². The second-order valence-corrected chi connectivity index (χ2v) is 11.2. The fourth-order valence-electron chi connectivity index (χ4n) is 4.39. The summed E-state index contributed by atoms with van der Waals surface area (Å²) in [4.78, 5) is 55.2. The van der Waals surface area contributed by atoms with Gasteiger partial charge in [0.1, 0.15) is 17.7 Å². The molecule has 4 amide bonds. The van der Waals surface area contributed by atoms with E-state index in [4.69, 9.17) is 4.74 Å². The molecule has 3 rings (SSSR count). The zero-order valence-corrected chi connectivity index (χ0v) is 24.9. The minimum atomic E-state index is -0.965. The van der Waals surface area contributed by atoms with Crippen molar-refractivity contribution >= 4 is 34.6 Å². The Labute approximate surface area is 242 Å². The molecule has 0 aliphatic heterocycles. The van der Waals surface area contributed by atoms with Gasteiger partial charge in [-0.1, -0.05) is 72.8 Å². The number of likely N-dealkylation sites (N-methyl/N-ethyl adjacent to an activating group) is 2. The van der Waals surface area contributed by atoms with E-state index in [1.807, 2.05) is 72.8 Å². The molecule has 0 fully saturated rings. The normalized spacial score (nSPS) is 12.7. The Morgan fingerprint density at radius 2 is 1.34 bits per heavy atom. The van der Waals surface area contributed by atoms with Crippen molar-refractivity contribution in [2.45, 2.75) is 58.2 Å². The molecule has 0 aliphatic carbocycles. The molecule has 0 heterocycles. The average molecular weight is 561 g/mol. The number of fused-ring (bicyclic) bond motifs is 1. The fraction of sp³-hybridized carbons (Fsp3) is 0.375. The van der Waals surface area contributed by atoms with Gasteiger partial charge in [0.25, 0.3) is 5.91 Å². The minimum absolute atomic E-state index is 0.205. The first-order valence-electron chi connectivity index (χ1n) is 13.6. The van der Waals surface area contributed by atoms with E-state index in [0.29, 0.717) is 0 Å². The number of benzene rings is 3. The van der Waals surface area contributed by atoms with E-state index in [1.165, 1.54) is 30.8 Å². The maximum absolute atomic E-state index is 14.2. The van der Waals surface area contributed by atoms with Crippen molar-refractivity contribution < 1.29 is 23.9 Å². The van der Waals surface area contributed by atoms with Crippen molar-refractivity contribution in [2.75, 3.05) is 21.1 Å². The Balaban J connectivity index is 1.98. The van der Waals surface area contributed by atoms with Gasteiger partial charge < -0.3 is 9.64 Å². The van der Waals surface area contributed by atoms with E-state index in [9.17, 15) is 19.2 Å². The summed E-state index contributed by atoms with van der Waals surface area (Å²) in [6, 6.07) is 21.2. The molecule has 41 heavy (non-hydrogen) atoms. The molecule has 1 N–H and O–H groups in total. The Bertz CT molecular complexity index is 1390. The largest absolute Gasteiger partial charge is 0.444 e. The molecule has 0 bridgehead atoms. The Morgan fingerprint density at radius 3 is 1.95 bits per heavy atom. The molecular formula is C32H40N4O5. The number of hydrogen-bond donors (Lipinski definition) is 1. The van der Waals surface area contributed by atoms with Crippen molar-refractivity contribution in [1.82, 2.24) is 20.2 Å². The summed E-state index contributed by atoms with van der Waals surface area (Å²) in [6.45, 7) is 6.61. The Hall–Kier alpha value is -4.40. The summed E-state index contributed by atoms with van der Waals surface area (Å²) in [5.74, 6) is -1.32. The van der Waals surface area contributed by atoms with Gasteiger partial charge in [0, 0.05) is 40.9 Å². The molecule has 0 radical (unpaired) electrons. The second kappa shape index (κ2) is 13.3. The van der Waals surface area contributed by atoms with E-state index in [-0.39, 0.29) is 18.7 Å². The third-order valence-electron chi connectivity index (χ3n) is 6.82. The lowest BCUT2D eigenvalue weighted by Crippen LogP contribution is -2.58. The van der Waals surface area contributed by atoms with E-state index < -0.39 is 35.6 Å². The van der Waals surface area contributed by atoms with E-state index in [2.05, 4.69) is 5.43 Å². The van der Waals surface area contributed by atoms with Crippen molar-refractivity contribution in [3.05, 3.63) is 83.9 Å². The molecule has 3 aromatic rings. The maximum atomic E-state index is 14.2. The summed E-state index contributed by atoms with van der Waals surface area (Å²) in [5.41, 5.74) is 3.50. The number of carbonyl (C=O) groups is 4. The topological polar surface area (TPSA) is 99.3 Å². The lowest BCUT2D eigenvalue weighted by molar-refractivity contribution is -0.146. The van der Waals surface area contributed by atoms with Gasteiger partial charge in [-0.15, -0.1) is 0 Å². The van der Waals surface area contributed by atoms with Crippen LogP contribution in [0.3, 0.4) is 0 Å². The highest BCUT2D eigenvalue weighted by Crippen LogP contribution is 2.21. The van der Waals surface area contributed by atoms with Crippen molar-refractivity contribution in [1.29, 1.82) is 0 Å². The number of nitrogens with one attached hydrogen (secondary N) is 1. The number of ether oxygens (including phenoxy) is 1. The fourth-order valence-corrected chi connectivity index (χ4v) is 4.39. The third kappa shape index (κ3) is 8.54. The molecule has 218 valence electrons. The quantitative estimate of drug-likeness (QED) is 0.417. The van der Waals surface area contributed by atoms with Crippen LogP contribution in [0.25, 0.3) is 10.8 Å². The summed E-state index contributed by atoms with van der Waals surface area (Å²) < 4.78 is 5.59. The molecule has 2 unspecified atom stereocenters. The molecule has 9 heteroatoms. The van der Waals surface area contributed by atoms with Gasteiger partial charge in [0.2, 0.25) is 11.8 Å². The molecule has 0 saturated heterocycles. The molecule has 2 atom stereocenters. The first kappa shape index (κ1) is 31.1. The first-order valence-corrected chi connectivity index (χ1v) is 13.6. The SMILES string of the molecule is CC(=O)N(C)NC(=O)C(Cc1ccccc1)N(C)C(=O)C(Cc1ccc2ccccc2c1)N(C)C(=O)OC(C)(C)C. The van der Waals surface area contributed by atoms with Gasteiger partial charge in [0.15, 0.2) is 0 Å². The van der Waals surface area contributed by atoms with Crippen LogP contribution in [0.15, 0.2) is 72.8 Å². The van der Waals surface area contributed by atoms with Gasteiger partial charge in [-0.2, -0.15) is 0 Å². The summed E-state index contributed by atoms with van der Waals surface area (Å²) >= 11 is 0. The molecule has 0 aromatic heterocycles. The van der Waals surface area contributed by atoms with Crippen LogP contribution in [-0.4, -0.2) is 77.5 Å². The predicted molar refractivity (Wildman–Crippen MR) is 159 cm³/mol. The first-order chi connectivity index (χ1) is 19.3. The molecule has 0 saturated carbocycles. The Kier molecular flexibility index (Phi) is 10.1. The van der Waals surface area contributed by atoms with Crippen LogP contribution in [-0.2, 0) is 32.0 Å². The van der Waals surface area contributed by atoms with Gasteiger partial charge in [-0.05, 0) is 42.7 Å². The van der Waals surface area contributed by atoms with Crippen LogP contribution < -0.4 is 5.43 Å². The minimum Gasteiger partial charge on any atom is -0.444 e. The van der Waals surface area contributed by atoms with E-state index in [1.54, 1.807) is 27.8 Å². The van der Waals surface area contributed by atoms with Crippen LogP contribution in [0, 0.1) is 0 Å². The zero-order valence-electron chi connectivity index (χ0n) is 24.9. The number of carbonyl (C=O) groups excluding carboxylic acids is 4. The lowest BCUT2D eigenvalue weighted by atomic mass is 9.98. The van der Waals surface area contributed by atoms with Crippen molar-refractivity contribution in [3.63, 3.8) is 0 Å². The number of hydrogen-bond acceptors (Lipinski definition) is 5. The summed E-state index contributed by atoms with van der Waals surface area (Å²) in [7, 11) is 4.52.